The molecule has 0 bridgehead atoms. The minimum atomic E-state index is -3.34. The van der Waals surface area contributed by atoms with E-state index in [1.165, 1.54) is 0 Å². The molecule has 0 aromatic carbocycles. The van der Waals surface area contributed by atoms with E-state index in [2.05, 4.69) is 4.72 Å². The van der Waals surface area contributed by atoms with E-state index in [1.54, 1.807) is 0 Å². The highest BCUT2D eigenvalue weighted by Gasteiger charge is 2.09. The SMILES string of the molecule is O=C(O)CCNS(=O)(=O)CCCCl. The van der Waals surface area contributed by atoms with Gasteiger partial charge in [0.15, 0.2) is 0 Å². The fourth-order valence-corrected chi connectivity index (χ4v) is 2.00. The summed E-state index contributed by atoms with van der Waals surface area (Å²) in [6.07, 6.45) is 0.157. The Morgan fingerprint density at radius 2 is 2.08 bits per heavy atom. The Morgan fingerprint density at radius 3 is 2.54 bits per heavy atom. The quantitative estimate of drug-likeness (QED) is 0.603. The third-order valence-electron chi connectivity index (χ3n) is 1.21. The van der Waals surface area contributed by atoms with Crippen LogP contribution in [0.25, 0.3) is 0 Å². The van der Waals surface area contributed by atoms with Gasteiger partial charge in [0.05, 0.1) is 12.2 Å². The Labute approximate surface area is 82.1 Å². The van der Waals surface area contributed by atoms with E-state index in [9.17, 15) is 13.2 Å². The average molecular weight is 230 g/mol. The lowest BCUT2D eigenvalue weighted by atomic mass is 10.5. The predicted octanol–water partition coefficient (Wildman–Crippen LogP) is 0.00940. The fraction of sp³-hybridized carbons (Fsp3) is 0.833. The van der Waals surface area contributed by atoms with E-state index in [4.69, 9.17) is 16.7 Å². The van der Waals surface area contributed by atoms with Crippen molar-refractivity contribution in [1.29, 1.82) is 0 Å². The molecule has 0 aliphatic carbocycles. The van der Waals surface area contributed by atoms with Crippen LogP contribution in [0.1, 0.15) is 12.8 Å². The molecule has 0 amide bonds. The lowest BCUT2D eigenvalue weighted by molar-refractivity contribution is -0.136. The Morgan fingerprint density at radius 1 is 1.46 bits per heavy atom. The molecule has 0 aromatic heterocycles. The lowest BCUT2D eigenvalue weighted by Gasteiger charge is -2.03. The summed E-state index contributed by atoms with van der Waals surface area (Å²) < 4.78 is 24.2. The van der Waals surface area contributed by atoms with Gasteiger partial charge in [0.2, 0.25) is 10.0 Å². The molecule has 0 fully saturated rings. The van der Waals surface area contributed by atoms with Crippen LogP contribution in [0.15, 0.2) is 0 Å². The van der Waals surface area contributed by atoms with E-state index in [0.717, 1.165) is 0 Å². The van der Waals surface area contributed by atoms with Crippen LogP contribution in [0.3, 0.4) is 0 Å². The number of hydrogen-bond acceptors (Lipinski definition) is 3. The van der Waals surface area contributed by atoms with Gasteiger partial charge >= 0.3 is 5.97 Å². The van der Waals surface area contributed by atoms with Gasteiger partial charge in [0, 0.05) is 12.4 Å². The highest BCUT2D eigenvalue weighted by Crippen LogP contribution is 1.92. The molecule has 0 aromatic rings. The number of carboxylic acids is 1. The highest BCUT2D eigenvalue weighted by atomic mass is 35.5. The van der Waals surface area contributed by atoms with Gasteiger partial charge in [-0.3, -0.25) is 4.79 Å². The summed E-state index contributed by atoms with van der Waals surface area (Å²) >= 11 is 5.31. The van der Waals surface area contributed by atoms with Crippen LogP contribution < -0.4 is 4.72 Å². The van der Waals surface area contributed by atoms with E-state index in [-0.39, 0.29) is 24.6 Å². The lowest BCUT2D eigenvalue weighted by Crippen LogP contribution is -2.28. The number of halogens is 1. The van der Waals surface area contributed by atoms with E-state index < -0.39 is 16.0 Å². The zero-order valence-electron chi connectivity index (χ0n) is 6.99. The van der Waals surface area contributed by atoms with Crippen molar-refractivity contribution in [2.45, 2.75) is 12.8 Å². The van der Waals surface area contributed by atoms with E-state index >= 15 is 0 Å². The third-order valence-corrected chi connectivity index (χ3v) is 2.94. The second-order valence-corrected chi connectivity index (χ2v) is 4.70. The topological polar surface area (TPSA) is 83.5 Å². The molecule has 13 heavy (non-hydrogen) atoms. The maximum Gasteiger partial charge on any atom is 0.304 e. The van der Waals surface area contributed by atoms with Crippen LogP contribution in [0, 0.1) is 0 Å². The minimum Gasteiger partial charge on any atom is -0.481 e. The molecule has 2 N–H and O–H groups in total. The number of carbonyl (C=O) groups is 1. The molecule has 0 saturated carbocycles. The highest BCUT2D eigenvalue weighted by molar-refractivity contribution is 7.89. The first-order valence-electron chi connectivity index (χ1n) is 3.73. The van der Waals surface area contributed by atoms with Gasteiger partial charge in [-0.2, -0.15) is 0 Å². The van der Waals surface area contributed by atoms with Gasteiger partial charge < -0.3 is 5.11 Å². The van der Waals surface area contributed by atoms with Crippen LogP contribution >= 0.6 is 11.6 Å². The zero-order valence-corrected chi connectivity index (χ0v) is 8.57. The largest absolute Gasteiger partial charge is 0.481 e. The molecule has 5 nitrogen and oxygen atoms in total. The molecular formula is C6H12ClNO4S. The first-order valence-corrected chi connectivity index (χ1v) is 5.92. The van der Waals surface area contributed by atoms with Crippen LogP contribution in [0.2, 0.25) is 0 Å². The molecular weight excluding hydrogens is 218 g/mol. The Bertz CT molecular complexity index is 251. The van der Waals surface area contributed by atoms with E-state index in [0.29, 0.717) is 6.42 Å². The molecule has 0 rings (SSSR count). The van der Waals surface area contributed by atoms with Gasteiger partial charge in [-0.25, -0.2) is 13.1 Å². The maximum atomic E-state index is 11.0. The molecule has 78 valence electrons. The van der Waals surface area contributed by atoms with Gasteiger partial charge in [-0.05, 0) is 6.42 Å². The molecule has 0 spiro atoms. The Kier molecular flexibility index (Phi) is 6.02. The zero-order chi connectivity index (χ0) is 10.3. The molecule has 0 aliphatic rings. The van der Waals surface area contributed by atoms with Crippen molar-refractivity contribution >= 4 is 27.6 Å². The van der Waals surface area contributed by atoms with Crippen molar-refractivity contribution in [2.75, 3.05) is 18.2 Å². The number of hydrogen-bond donors (Lipinski definition) is 2. The summed E-state index contributed by atoms with van der Waals surface area (Å²) in [5.74, 6) is -0.810. The van der Waals surface area contributed by atoms with Gasteiger partial charge in [-0.15, -0.1) is 11.6 Å². The molecule has 0 radical (unpaired) electrons. The van der Waals surface area contributed by atoms with Crippen molar-refractivity contribution in [1.82, 2.24) is 4.72 Å². The van der Waals surface area contributed by atoms with Crippen molar-refractivity contribution in [3.05, 3.63) is 0 Å². The van der Waals surface area contributed by atoms with Crippen molar-refractivity contribution in [3.8, 4) is 0 Å². The van der Waals surface area contributed by atoms with Crippen molar-refractivity contribution in [3.63, 3.8) is 0 Å². The van der Waals surface area contributed by atoms with Gasteiger partial charge in [0.25, 0.3) is 0 Å². The van der Waals surface area contributed by atoms with Crippen LogP contribution in [0.4, 0.5) is 0 Å². The number of alkyl halides is 1. The fourth-order valence-electron chi connectivity index (χ4n) is 0.630. The van der Waals surface area contributed by atoms with Crippen molar-refractivity contribution < 1.29 is 18.3 Å². The number of nitrogens with one attached hydrogen (secondary N) is 1. The second-order valence-electron chi connectivity index (χ2n) is 2.40. The first-order chi connectivity index (χ1) is 5.98. The van der Waals surface area contributed by atoms with Gasteiger partial charge in [-0.1, -0.05) is 0 Å². The molecule has 0 saturated heterocycles. The molecule has 7 heteroatoms. The number of aliphatic carboxylic acids is 1. The summed E-state index contributed by atoms with van der Waals surface area (Å²) in [5, 5.41) is 8.23. The predicted molar refractivity (Wildman–Crippen MR) is 49.4 cm³/mol. The maximum absolute atomic E-state index is 11.0. The van der Waals surface area contributed by atoms with Crippen LogP contribution in [0.5, 0.6) is 0 Å². The summed E-state index contributed by atoms with van der Waals surface area (Å²) in [5.41, 5.74) is 0. The minimum absolute atomic E-state index is 0.0594. The number of rotatable bonds is 7. The summed E-state index contributed by atoms with van der Waals surface area (Å²) in [6.45, 7) is -0.0695. The number of carboxylic acid groups (broad SMARTS) is 1. The smallest absolute Gasteiger partial charge is 0.304 e. The monoisotopic (exact) mass is 229 g/mol. The standard InChI is InChI=1S/C6H12ClNO4S/c7-3-1-5-13(11,12)8-4-2-6(9)10/h8H,1-5H2,(H,9,10). The summed E-state index contributed by atoms with van der Waals surface area (Å²) in [7, 11) is -3.34. The first kappa shape index (κ1) is 12.7. The molecule has 0 aliphatic heterocycles. The summed E-state index contributed by atoms with van der Waals surface area (Å²) in [4.78, 5) is 10.0. The summed E-state index contributed by atoms with van der Waals surface area (Å²) in [6, 6.07) is 0. The van der Waals surface area contributed by atoms with E-state index in [1.807, 2.05) is 0 Å². The number of sulfonamides is 1. The van der Waals surface area contributed by atoms with Crippen LogP contribution in [-0.4, -0.2) is 37.7 Å². The normalized spacial score (nSPS) is 11.5. The van der Waals surface area contributed by atoms with Gasteiger partial charge in [0.1, 0.15) is 0 Å². The molecule has 0 unspecified atom stereocenters. The molecule has 0 heterocycles. The Hall–Kier alpha value is -0.330. The Balaban J connectivity index is 3.70. The van der Waals surface area contributed by atoms with Crippen LogP contribution in [-0.2, 0) is 14.8 Å². The third kappa shape index (κ3) is 8.01. The second kappa shape index (κ2) is 6.17. The van der Waals surface area contributed by atoms with Crippen molar-refractivity contribution in [2.24, 2.45) is 0 Å². The average Bonchev–Trinajstić information content (AvgIpc) is 2.00. The molecule has 0 atom stereocenters.